The van der Waals surface area contributed by atoms with Crippen molar-refractivity contribution in [3.05, 3.63) is 111 Å². The molecule has 0 fully saturated rings. The summed E-state index contributed by atoms with van der Waals surface area (Å²) in [5.41, 5.74) is 6.29. The minimum absolute atomic E-state index is 0.187. The monoisotopic (exact) mass is 709 g/mol. The predicted molar refractivity (Wildman–Crippen MR) is 196 cm³/mol. The summed E-state index contributed by atoms with van der Waals surface area (Å²) < 4.78 is 27.8. The van der Waals surface area contributed by atoms with Gasteiger partial charge in [-0.15, -0.1) is 21.6 Å². The predicted octanol–water partition coefficient (Wildman–Crippen LogP) is 7.76. The molecule has 0 N–H and O–H groups in total. The summed E-state index contributed by atoms with van der Waals surface area (Å²) in [7, 11) is 0. The van der Waals surface area contributed by atoms with Crippen LogP contribution in [-0.4, -0.2) is 72.0 Å². The van der Waals surface area contributed by atoms with Crippen LogP contribution in [0.15, 0.2) is 83.0 Å². The van der Waals surface area contributed by atoms with Crippen molar-refractivity contribution in [2.24, 2.45) is 10.2 Å². The number of carbonyl (C=O) groups excluding carboxylic acids is 1. The van der Waals surface area contributed by atoms with Crippen LogP contribution in [0.25, 0.3) is 0 Å². The Labute approximate surface area is 303 Å². The minimum atomic E-state index is -0.348. The molecule has 1 aromatic heterocycles. The molecule has 4 rings (SSSR count). The number of nitrogens with zero attached hydrogens (tertiary/aromatic N) is 5. The van der Waals surface area contributed by atoms with Gasteiger partial charge in [0.25, 0.3) is 0 Å². The smallest absolute Gasteiger partial charge is 0.338 e. The standard InChI is InChI=1S/C39H43N5O6S/c1-29-9-7-8-12-34(29)39(45)50-24-23-49-22-21-48-20-19-47-18-17-46-16-15-44(28-32-10-5-4-6-11-32)33-13-14-36(30(2)25-33)42-43-38-35(26-40)31(3)37(27-41)51-38/h4-14,25H,15-24,28H2,1-3H3. The number of carbonyl (C=O) groups is 1. The van der Waals surface area contributed by atoms with Crippen LogP contribution in [-0.2, 0) is 30.2 Å². The highest BCUT2D eigenvalue weighted by atomic mass is 32.1. The Kier molecular flexibility index (Phi) is 16.2. The van der Waals surface area contributed by atoms with E-state index in [0.29, 0.717) is 98.2 Å². The maximum Gasteiger partial charge on any atom is 0.338 e. The van der Waals surface area contributed by atoms with E-state index in [1.807, 2.05) is 62.4 Å². The van der Waals surface area contributed by atoms with Crippen LogP contribution in [0.2, 0.25) is 0 Å². The zero-order chi connectivity index (χ0) is 36.3. The Balaban J connectivity index is 1.13. The second-order valence-corrected chi connectivity index (χ2v) is 12.4. The molecule has 4 aromatic rings. The summed E-state index contributed by atoms with van der Waals surface area (Å²) >= 11 is 1.17. The van der Waals surface area contributed by atoms with Crippen LogP contribution in [0, 0.1) is 43.4 Å². The molecule has 0 amide bonds. The molecule has 0 aliphatic heterocycles. The fraction of sp³-hybridized carbons (Fsp3) is 0.359. The highest BCUT2D eigenvalue weighted by Crippen LogP contribution is 2.36. The van der Waals surface area contributed by atoms with Gasteiger partial charge < -0.3 is 28.6 Å². The molecule has 12 heteroatoms. The number of azo groups is 1. The van der Waals surface area contributed by atoms with Crippen molar-refractivity contribution in [1.29, 1.82) is 10.5 Å². The average molecular weight is 710 g/mol. The molecular formula is C39H43N5O6S. The van der Waals surface area contributed by atoms with E-state index in [1.54, 1.807) is 13.0 Å². The molecule has 0 unspecified atom stereocenters. The van der Waals surface area contributed by atoms with Crippen LogP contribution in [0.1, 0.15) is 43.1 Å². The summed E-state index contributed by atoms with van der Waals surface area (Å²) in [6.07, 6.45) is 0. The molecule has 0 atom stereocenters. The van der Waals surface area contributed by atoms with Gasteiger partial charge in [0.1, 0.15) is 23.6 Å². The van der Waals surface area contributed by atoms with Gasteiger partial charge in [0, 0.05) is 18.8 Å². The normalized spacial score (nSPS) is 11.0. The lowest BCUT2D eigenvalue weighted by molar-refractivity contribution is -0.00847. The van der Waals surface area contributed by atoms with E-state index in [9.17, 15) is 15.3 Å². The fourth-order valence-electron chi connectivity index (χ4n) is 4.97. The Hall–Kier alpha value is -4.95. The van der Waals surface area contributed by atoms with Gasteiger partial charge in [-0.1, -0.05) is 48.5 Å². The second kappa shape index (κ2) is 21.3. The van der Waals surface area contributed by atoms with Crippen molar-refractivity contribution in [1.82, 2.24) is 0 Å². The SMILES string of the molecule is Cc1cc(N(CCOCCOCCOCCOCCOC(=O)c2ccccc2C)Cc2ccccc2)ccc1N=Nc1sc(C#N)c(C)c1C#N. The number of ether oxygens (including phenoxy) is 5. The number of rotatable bonds is 21. The van der Waals surface area contributed by atoms with Gasteiger partial charge >= 0.3 is 5.97 Å². The molecule has 0 spiro atoms. The zero-order valence-electron chi connectivity index (χ0n) is 29.3. The van der Waals surface area contributed by atoms with Gasteiger partial charge in [-0.05, 0) is 67.3 Å². The van der Waals surface area contributed by atoms with E-state index in [0.717, 1.165) is 16.8 Å². The molecule has 0 aliphatic rings. The number of esters is 1. The zero-order valence-corrected chi connectivity index (χ0v) is 30.1. The third-order valence-corrected chi connectivity index (χ3v) is 8.88. The van der Waals surface area contributed by atoms with Gasteiger partial charge in [0.05, 0.1) is 69.7 Å². The molecular weight excluding hydrogens is 667 g/mol. The Morgan fingerprint density at radius 2 is 1.35 bits per heavy atom. The first-order valence-electron chi connectivity index (χ1n) is 16.7. The average Bonchev–Trinajstić information content (AvgIpc) is 3.46. The van der Waals surface area contributed by atoms with Gasteiger partial charge in [0.15, 0.2) is 5.00 Å². The summed E-state index contributed by atoms with van der Waals surface area (Å²) in [5.74, 6) is -0.348. The lowest BCUT2D eigenvalue weighted by atomic mass is 10.1. The van der Waals surface area contributed by atoms with Crippen molar-refractivity contribution < 1.29 is 28.5 Å². The van der Waals surface area contributed by atoms with Gasteiger partial charge in [0.2, 0.25) is 0 Å². The molecule has 11 nitrogen and oxygen atoms in total. The molecule has 3 aromatic carbocycles. The Morgan fingerprint density at radius 1 is 0.725 bits per heavy atom. The van der Waals surface area contributed by atoms with Crippen molar-refractivity contribution in [2.45, 2.75) is 27.3 Å². The molecule has 0 bridgehead atoms. The van der Waals surface area contributed by atoms with Crippen molar-refractivity contribution in [3.63, 3.8) is 0 Å². The summed E-state index contributed by atoms with van der Waals surface area (Å²) in [5, 5.41) is 28.0. The second-order valence-electron chi connectivity index (χ2n) is 11.4. The number of hydrogen-bond donors (Lipinski definition) is 0. The highest BCUT2D eigenvalue weighted by molar-refractivity contribution is 7.16. The van der Waals surface area contributed by atoms with E-state index < -0.39 is 0 Å². The number of thiophene rings is 1. The number of benzene rings is 3. The van der Waals surface area contributed by atoms with E-state index >= 15 is 0 Å². The van der Waals surface area contributed by atoms with E-state index in [1.165, 1.54) is 16.9 Å². The number of anilines is 1. The van der Waals surface area contributed by atoms with Crippen molar-refractivity contribution in [2.75, 3.05) is 70.9 Å². The summed E-state index contributed by atoms with van der Waals surface area (Å²) in [4.78, 5) is 14.8. The quantitative estimate of drug-likeness (QED) is 0.0483. The molecule has 1 heterocycles. The van der Waals surface area contributed by atoms with Crippen molar-refractivity contribution >= 4 is 33.7 Å². The molecule has 51 heavy (non-hydrogen) atoms. The summed E-state index contributed by atoms with van der Waals surface area (Å²) in [6.45, 7) is 10.6. The van der Waals surface area contributed by atoms with Crippen LogP contribution >= 0.6 is 11.3 Å². The Bertz CT molecular complexity index is 1810. The topological polar surface area (TPSA) is 139 Å². The first-order valence-corrected chi connectivity index (χ1v) is 17.5. The van der Waals surface area contributed by atoms with E-state index in [4.69, 9.17) is 23.7 Å². The van der Waals surface area contributed by atoms with Crippen LogP contribution < -0.4 is 4.90 Å². The number of hydrogen-bond acceptors (Lipinski definition) is 12. The lowest BCUT2D eigenvalue weighted by Crippen LogP contribution is -2.27. The van der Waals surface area contributed by atoms with Crippen LogP contribution in [0.4, 0.5) is 16.4 Å². The fourth-order valence-corrected chi connectivity index (χ4v) is 5.84. The first kappa shape index (κ1) is 38.8. The van der Waals surface area contributed by atoms with Gasteiger partial charge in [-0.25, -0.2) is 4.79 Å². The van der Waals surface area contributed by atoms with Gasteiger partial charge in [-0.3, -0.25) is 0 Å². The molecule has 266 valence electrons. The van der Waals surface area contributed by atoms with Crippen LogP contribution in [0.3, 0.4) is 0 Å². The number of nitriles is 2. The van der Waals surface area contributed by atoms with Crippen LogP contribution in [0.5, 0.6) is 0 Å². The third kappa shape index (κ3) is 12.4. The van der Waals surface area contributed by atoms with Crippen molar-refractivity contribution in [3.8, 4) is 12.1 Å². The van der Waals surface area contributed by atoms with Gasteiger partial charge in [-0.2, -0.15) is 10.5 Å². The lowest BCUT2D eigenvalue weighted by Gasteiger charge is -2.25. The summed E-state index contributed by atoms with van der Waals surface area (Å²) in [6, 6.07) is 27.8. The molecule has 0 saturated heterocycles. The third-order valence-electron chi connectivity index (χ3n) is 7.80. The maximum atomic E-state index is 12.1. The first-order chi connectivity index (χ1) is 24.9. The minimum Gasteiger partial charge on any atom is -0.460 e. The molecule has 0 aliphatic carbocycles. The molecule has 0 saturated carbocycles. The Morgan fingerprint density at radius 3 is 1.98 bits per heavy atom. The van der Waals surface area contributed by atoms with E-state index in [2.05, 4.69) is 45.5 Å². The molecule has 0 radical (unpaired) electrons. The van der Waals surface area contributed by atoms with E-state index in [-0.39, 0.29) is 12.6 Å². The number of aryl methyl sites for hydroxylation is 2. The highest BCUT2D eigenvalue weighted by Gasteiger charge is 2.15. The largest absolute Gasteiger partial charge is 0.460 e. The maximum absolute atomic E-state index is 12.1.